The molecule has 1 aromatic carbocycles. The number of hydrogen-bond donors (Lipinski definition) is 0. The lowest BCUT2D eigenvalue weighted by atomic mass is 10.1. The molecule has 0 heterocycles. The molecule has 0 aromatic heterocycles. The maximum atomic E-state index is 2.50. The van der Waals surface area contributed by atoms with Gasteiger partial charge in [0.15, 0.2) is 0 Å². The van der Waals surface area contributed by atoms with Crippen molar-refractivity contribution >= 4 is 21.7 Å². The van der Waals surface area contributed by atoms with Crippen molar-refractivity contribution in [2.24, 2.45) is 0 Å². The fraction of sp³-hybridized carbons (Fsp3) is 0.375. The maximum Gasteiger partial charge on any atom is 0.0695 e. The summed E-state index contributed by atoms with van der Waals surface area (Å²) in [6, 6.07) is 10.7. The topological polar surface area (TPSA) is 0 Å². The first-order valence-corrected chi connectivity index (χ1v) is 13.8. The van der Waals surface area contributed by atoms with E-state index in [-0.39, 0.29) is 0 Å². The molecule has 2 heteroatoms. The first-order chi connectivity index (χ1) is 8.17. The number of allylic oxidation sites excluding steroid dienone is 2. The Labute approximate surface area is 114 Å². The monoisotopic (exact) mass is 274 g/mol. The Morgan fingerprint density at radius 1 is 0.833 bits per heavy atom. The fourth-order valence-electron chi connectivity index (χ4n) is 1.66. The maximum absolute atomic E-state index is 2.50. The molecule has 0 unspecified atom stereocenters. The fourth-order valence-corrected chi connectivity index (χ4v) is 3.54. The van der Waals surface area contributed by atoms with E-state index in [2.05, 4.69) is 87.1 Å². The van der Waals surface area contributed by atoms with Crippen molar-refractivity contribution in [2.75, 3.05) is 0 Å². The molecule has 0 aliphatic rings. The van der Waals surface area contributed by atoms with Gasteiger partial charge in [-0.1, -0.05) is 87.1 Å². The Morgan fingerprint density at radius 2 is 1.39 bits per heavy atom. The van der Waals surface area contributed by atoms with E-state index >= 15 is 0 Å². The zero-order valence-corrected chi connectivity index (χ0v) is 14.6. The summed E-state index contributed by atoms with van der Waals surface area (Å²) >= 11 is 0. The minimum absolute atomic E-state index is 1.13. The van der Waals surface area contributed by atoms with Gasteiger partial charge in [-0.15, -0.1) is 0 Å². The van der Waals surface area contributed by atoms with Crippen LogP contribution in [-0.4, -0.2) is 16.1 Å². The van der Waals surface area contributed by atoms with Crippen LogP contribution in [0.5, 0.6) is 0 Å². The zero-order valence-electron chi connectivity index (χ0n) is 12.6. The number of benzene rings is 1. The third-order valence-corrected chi connectivity index (χ3v) is 4.80. The van der Waals surface area contributed by atoms with E-state index in [4.69, 9.17) is 0 Å². The van der Waals surface area contributed by atoms with Crippen molar-refractivity contribution in [3.8, 4) is 0 Å². The van der Waals surface area contributed by atoms with Crippen LogP contribution >= 0.6 is 0 Å². The lowest BCUT2D eigenvalue weighted by Gasteiger charge is -2.14. The van der Waals surface area contributed by atoms with Gasteiger partial charge < -0.3 is 0 Å². The summed E-state index contributed by atoms with van der Waals surface area (Å²) < 4.78 is 0. The quantitative estimate of drug-likeness (QED) is 0.511. The predicted octanol–water partition coefficient (Wildman–Crippen LogP) is 5.38. The van der Waals surface area contributed by atoms with Crippen LogP contribution in [0.2, 0.25) is 39.3 Å². The van der Waals surface area contributed by atoms with E-state index < -0.39 is 16.1 Å². The summed E-state index contributed by atoms with van der Waals surface area (Å²) in [4.78, 5) is 0. The molecule has 0 atom stereocenters. The minimum atomic E-state index is -1.20. The lowest BCUT2D eigenvalue weighted by molar-refractivity contribution is 1.61. The van der Waals surface area contributed by atoms with Gasteiger partial charge in [-0.2, -0.15) is 0 Å². The standard InChI is InChI=1S/C16H26Si2/c1-17(2,3)13-12-16(14-18(4,5)6)15-10-8-7-9-11-15/h7-14H,1-6H3/b13-12-,16-14-. The summed E-state index contributed by atoms with van der Waals surface area (Å²) in [7, 11) is -2.33. The Balaban J connectivity index is 3.13. The van der Waals surface area contributed by atoms with Crippen LogP contribution in [0.4, 0.5) is 0 Å². The van der Waals surface area contributed by atoms with Gasteiger partial charge in [-0.25, -0.2) is 0 Å². The molecule has 0 radical (unpaired) electrons. The molecular weight excluding hydrogens is 248 g/mol. The molecule has 0 nitrogen and oxygen atoms in total. The highest BCUT2D eigenvalue weighted by molar-refractivity contribution is 6.82. The zero-order chi connectivity index (χ0) is 13.8. The Hall–Kier alpha value is -0.866. The van der Waals surface area contributed by atoms with Gasteiger partial charge in [0.25, 0.3) is 0 Å². The number of rotatable bonds is 4. The van der Waals surface area contributed by atoms with Gasteiger partial charge in [0.2, 0.25) is 0 Å². The average Bonchev–Trinajstić information content (AvgIpc) is 2.23. The third-order valence-electron chi connectivity index (χ3n) is 2.46. The molecule has 0 bridgehead atoms. The summed E-state index contributed by atoms with van der Waals surface area (Å²) in [5.41, 5.74) is 7.68. The molecule has 0 amide bonds. The van der Waals surface area contributed by atoms with E-state index in [0.717, 1.165) is 0 Å². The predicted molar refractivity (Wildman–Crippen MR) is 90.3 cm³/mol. The van der Waals surface area contributed by atoms with Gasteiger partial charge in [0.05, 0.1) is 16.1 Å². The van der Waals surface area contributed by atoms with Crippen molar-refractivity contribution in [2.45, 2.75) is 39.3 Å². The normalized spacial score (nSPS) is 14.2. The third kappa shape index (κ3) is 6.17. The molecule has 1 rings (SSSR count). The summed E-state index contributed by atoms with van der Waals surface area (Å²) in [6.07, 6.45) is 2.35. The first kappa shape index (κ1) is 15.2. The van der Waals surface area contributed by atoms with E-state index in [1.807, 2.05) is 0 Å². The lowest BCUT2D eigenvalue weighted by Crippen LogP contribution is -2.17. The molecule has 1 aromatic rings. The highest BCUT2D eigenvalue weighted by Crippen LogP contribution is 2.20. The van der Waals surface area contributed by atoms with E-state index in [1.165, 1.54) is 11.1 Å². The van der Waals surface area contributed by atoms with E-state index in [1.54, 1.807) is 0 Å². The smallest absolute Gasteiger partial charge is 0.0695 e. The van der Waals surface area contributed by atoms with E-state index in [0.29, 0.717) is 0 Å². The van der Waals surface area contributed by atoms with Gasteiger partial charge in [-0.05, 0) is 11.1 Å². The minimum Gasteiger partial charge on any atom is -0.0944 e. The molecule has 0 aliphatic heterocycles. The van der Waals surface area contributed by atoms with Crippen LogP contribution < -0.4 is 0 Å². The van der Waals surface area contributed by atoms with E-state index in [9.17, 15) is 0 Å². The van der Waals surface area contributed by atoms with Crippen molar-refractivity contribution < 1.29 is 0 Å². The van der Waals surface area contributed by atoms with Gasteiger partial charge in [0, 0.05) is 0 Å². The molecule has 0 N–H and O–H groups in total. The Kier molecular flexibility index (Phi) is 4.94. The van der Waals surface area contributed by atoms with Gasteiger partial charge in [-0.3, -0.25) is 0 Å². The van der Waals surface area contributed by atoms with Crippen LogP contribution in [0.25, 0.3) is 5.57 Å². The Morgan fingerprint density at radius 3 is 1.83 bits per heavy atom. The van der Waals surface area contributed by atoms with Crippen LogP contribution in [0.3, 0.4) is 0 Å². The second-order valence-corrected chi connectivity index (χ2v) is 17.1. The average molecular weight is 275 g/mol. The van der Waals surface area contributed by atoms with Crippen LogP contribution in [0.15, 0.2) is 47.8 Å². The number of hydrogen-bond acceptors (Lipinski definition) is 0. The summed E-state index contributed by atoms with van der Waals surface area (Å²) in [5.74, 6) is 0. The summed E-state index contributed by atoms with van der Waals surface area (Å²) in [6.45, 7) is 14.3. The van der Waals surface area contributed by atoms with Crippen molar-refractivity contribution in [3.05, 3.63) is 53.4 Å². The molecule has 0 fully saturated rings. The van der Waals surface area contributed by atoms with Crippen molar-refractivity contribution in [3.63, 3.8) is 0 Å². The van der Waals surface area contributed by atoms with Crippen molar-refractivity contribution in [1.82, 2.24) is 0 Å². The van der Waals surface area contributed by atoms with Gasteiger partial charge in [0.1, 0.15) is 0 Å². The molecule has 0 saturated heterocycles. The van der Waals surface area contributed by atoms with Crippen LogP contribution in [0, 0.1) is 0 Å². The SMILES string of the molecule is C[Si](C)(C)/C=C\C(=C\[Si](C)(C)C)c1ccccc1. The molecule has 98 valence electrons. The largest absolute Gasteiger partial charge is 0.0944 e. The molecule has 18 heavy (non-hydrogen) atoms. The molecular formula is C16H26Si2. The highest BCUT2D eigenvalue weighted by atomic mass is 28.3. The molecule has 0 saturated carbocycles. The Bertz CT molecular complexity index is 428. The van der Waals surface area contributed by atoms with Crippen LogP contribution in [-0.2, 0) is 0 Å². The molecule has 0 spiro atoms. The molecule has 0 aliphatic carbocycles. The van der Waals surface area contributed by atoms with Crippen molar-refractivity contribution in [1.29, 1.82) is 0 Å². The first-order valence-electron chi connectivity index (χ1n) is 6.65. The van der Waals surface area contributed by atoms with Crippen LogP contribution in [0.1, 0.15) is 5.56 Å². The second kappa shape index (κ2) is 5.85. The second-order valence-electron chi connectivity index (χ2n) is 7.03. The highest BCUT2D eigenvalue weighted by Gasteiger charge is 2.12. The van der Waals surface area contributed by atoms with Gasteiger partial charge >= 0.3 is 0 Å². The summed E-state index contributed by atoms with van der Waals surface area (Å²) in [5, 5.41) is 0.